The third kappa shape index (κ3) is 13.7. The summed E-state index contributed by atoms with van der Waals surface area (Å²) in [6.45, 7) is 1.70. The second-order valence-electron chi connectivity index (χ2n) is 31.5. The van der Waals surface area contributed by atoms with Gasteiger partial charge >= 0.3 is 0 Å². The zero-order chi connectivity index (χ0) is 67.8. The molecular formula is C84H102N8O7. The first-order valence-corrected chi connectivity index (χ1v) is 37.4. The van der Waals surface area contributed by atoms with Gasteiger partial charge in [-0.25, -0.2) is 0 Å². The number of dihydropyridines is 1. The number of phenols is 1. The highest BCUT2D eigenvalue weighted by molar-refractivity contribution is 6.08. The van der Waals surface area contributed by atoms with E-state index in [1.54, 1.807) is 12.1 Å². The van der Waals surface area contributed by atoms with Gasteiger partial charge in [-0.05, 0) is 272 Å². The van der Waals surface area contributed by atoms with Crippen LogP contribution in [0.5, 0.6) is 11.5 Å². The number of Topliss-reactive ketones (excluding diaryl/α,β-unsaturated/α-hetero) is 1. The zero-order valence-corrected chi connectivity index (χ0v) is 57.3. The third-order valence-corrected chi connectivity index (χ3v) is 26.1. The lowest BCUT2D eigenvalue weighted by Crippen LogP contribution is -2.58. The van der Waals surface area contributed by atoms with Crippen LogP contribution >= 0.6 is 0 Å². The number of hydrogen-bond donors (Lipinski definition) is 11. The minimum atomic E-state index is -0.715. The average Bonchev–Trinajstić information content (AvgIpc) is 1.51. The van der Waals surface area contributed by atoms with Gasteiger partial charge in [-0.3, -0.25) is 9.59 Å². The molecule has 1 saturated heterocycles. The average molecular weight is 1340 g/mol. The number of carbonyl (C=O) groups is 2. The van der Waals surface area contributed by atoms with Gasteiger partial charge in [-0.1, -0.05) is 121 Å². The van der Waals surface area contributed by atoms with Crippen molar-refractivity contribution < 1.29 is 34.8 Å². The molecule has 6 fully saturated rings. The van der Waals surface area contributed by atoms with Crippen LogP contribution in [0.1, 0.15) is 130 Å². The van der Waals surface area contributed by atoms with Crippen molar-refractivity contribution in [3.63, 3.8) is 0 Å². The molecule has 4 aromatic carbocycles. The fraction of sp³-hybridized carbons (Fsp3) is 0.512. The number of benzene rings is 4. The maximum Gasteiger partial charge on any atom is 0.202 e. The van der Waals surface area contributed by atoms with E-state index >= 15 is 4.79 Å². The Balaban J connectivity index is 0.842. The molecule has 7 aliphatic heterocycles. The van der Waals surface area contributed by atoms with Gasteiger partial charge in [0.2, 0.25) is 5.96 Å². The van der Waals surface area contributed by atoms with E-state index in [-0.39, 0.29) is 88.3 Å². The number of piperidine rings is 1. The van der Waals surface area contributed by atoms with Crippen LogP contribution in [0.15, 0.2) is 167 Å². The molecule has 8 bridgehead atoms. The molecule has 17 rings (SSSR count). The summed E-state index contributed by atoms with van der Waals surface area (Å²) in [6.07, 6.45) is 29.4. The minimum Gasteiger partial charge on any atom is -0.504 e. The Bertz CT molecular complexity index is 3940. The number of hydrogen-bond acceptors (Lipinski definition) is 15. The number of aryl methyl sites for hydroxylation is 3. The number of allylic oxidation sites excluding steroid dienone is 3. The van der Waals surface area contributed by atoms with Crippen LogP contribution in [0.25, 0.3) is 5.57 Å². The van der Waals surface area contributed by atoms with E-state index < -0.39 is 31.5 Å². The Morgan fingerprint density at radius 1 is 0.838 bits per heavy atom. The number of aliphatic hydroxyl groups is 3. The molecule has 13 N–H and O–H groups in total. The Labute approximate surface area is 584 Å². The molecule has 99 heavy (non-hydrogen) atoms. The first-order valence-electron chi connectivity index (χ1n) is 37.4. The van der Waals surface area contributed by atoms with E-state index in [9.17, 15) is 25.2 Å². The number of nitrogens with two attached hydrogens (primary N) is 2. The fourth-order valence-electron chi connectivity index (χ4n) is 22.4. The molecule has 5 saturated carbocycles. The number of phenolic OH excluding ortho intramolecular Hbond substituents is 1. The summed E-state index contributed by atoms with van der Waals surface area (Å²) >= 11 is 0. The van der Waals surface area contributed by atoms with Gasteiger partial charge in [-0.15, -0.1) is 0 Å². The van der Waals surface area contributed by atoms with Crippen molar-refractivity contribution in [1.29, 1.82) is 0 Å². The largest absolute Gasteiger partial charge is 0.504 e. The Hall–Kier alpha value is -7.39. The fourth-order valence-corrected chi connectivity index (χ4v) is 22.4. The summed E-state index contributed by atoms with van der Waals surface area (Å²) < 4.78 is 5.55. The Morgan fingerprint density at radius 2 is 1.65 bits per heavy atom. The molecule has 4 aromatic rings. The van der Waals surface area contributed by atoms with Gasteiger partial charge in [-0.2, -0.15) is 4.99 Å². The molecule has 0 radical (unpaired) electrons. The lowest BCUT2D eigenvalue weighted by atomic mass is 9.49. The normalized spacial score (nSPS) is 35.4. The highest BCUT2D eigenvalue weighted by Gasteiger charge is 2.72. The number of ketones is 2. The van der Waals surface area contributed by atoms with E-state index in [2.05, 4.69) is 142 Å². The summed E-state index contributed by atoms with van der Waals surface area (Å²) in [4.78, 5) is 34.6. The number of aliphatic hydroxyl groups excluding tert-OH is 3. The van der Waals surface area contributed by atoms with Crippen molar-refractivity contribution in [2.45, 2.75) is 165 Å². The quantitative estimate of drug-likeness (QED) is 0.0258. The first kappa shape index (κ1) is 67.4. The maximum atomic E-state index is 15.0. The predicted octanol–water partition coefficient (Wildman–Crippen LogP) is 9.75. The molecule has 0 amide bonds. The lowest BCUT2D eigenvalue weighted by Gasteiger charge is -2.57. The van der Waals surface area contributed by atoms with Gasteiger partial charge in [0.15, 0.2) is 24.1 Å². The van der Waals surface area contributed by atoms with Crippen molar-refractivity contribution in [2.24, 2.45) is 86.5 Å². The highest BCUT2D eigenvalue weighted by Crippen LogP contribution is 2.75. The number of guanidine groups is 1. The van der Waals surface area contributed by atoms with Gasteiger partial charge < -0.3 is 63.2 Å². The minimum absolute atomic E-state index is 0.0160. The predicted molar refractivity (Wildman–Crippen MR) is 388 cm³/mol. The second-order valence-corrected chi connectivity index (χ2v) is 31.5. The molecule has 15 heteroatoms. The molecule has 15 nitrogen and oxygen atoms in total. The highest BCUT2D eigenvalue weighted by atomic mass is 16.6. The molecule has 7 heterocycles. The topological polar surface area (TPSA) is 249 Å². The number of aromatic hydroxyl groups is 1. The van der Waals surface area contributed by atoms with Crippen LogP contribution in [0.2, 0.25) is 0 Å². The maximum absolute atomic E-state index is 15.0. The number of ether oxygens (including phenoxy) is 1. The van der Waals surface area contributed by atoms with Crippen LogP contribution in [0, 0.1) is 82.0 Å². The van der Waals surface area contributed by atoms with E-state index in [1.807, 2.05) is 18.3 Å². The summed E-state index contributed by atoms with van der Waals surface area (Å²) in [5.41, 5.74) is 24.6. The first-order chi connectivity index (χ1) is 48.3. The van der Waals surface area contributed by atoms with Crippen molar-refractivity contribution in [3.8, 4) is 23.5 Å². The van der Waals surface area contributed by atoms with E-state index in [4.69, 9.17) is 21.2 Å². The molecule has 0 aromatic heterocycles. The van der Waals surface area contributed by atoms with Crippen molar-refractivity contribution >= 4 is 23.1 Å². The molecule has 18 atom stereocenters. The summed E-state index contributed by atoms with van der Waals surface area (Å²) in [7, 11) is 0. The number of aliphatic imine (C=N–C) groups is 1. The van der Waals surface area contributed by atoms with Crippen molar-refractivity contribution in [3.05, 3.63) is 195 Å². The number of nitrogens with one attached hydrogen (secondary N) is 5. The molecule has 13 aliphatic rings. The van der Waals surface area contributed by atoms with Crippen LogP contribution in [-0.2, 0) is 41.7 Å². The molecule has 1 spiro atoms. The van der Waals surface area contributed by atoms with Gasteiger partial charge in [0.05, 0.1) is 31.3 Å². The molecule has 6 aliphatic carbocycles. The molecule has 1 unspecified atom stereocenters. The standard InChI is InChI=1S/C84H102N8O7/c85-78-43-69-56(34-54-16-7-15-53(33-54)22-21-51-11-3-1-4-12-51)17-9-31-89-82(86)91-72-41-70-67-19-8-20-73(97)81(67)92-77-46-83(45-71-64-28-32-87-47-59(64)36-57-18-10-30-88-80(57)71)44-55(24-26-76(83)84(77)29-27-66(79(70)84)65(72)25-23-52-13-5-2-6-14-52)35-62(95)40-63(96)38-61(49-93)68-42-75(99-50-94)74(98)39-58(68)37-60(69)48-90-78/h1-8,10-16,18-19,33,38-39,42-43,48,55-57,59,64-66,71-73,76-81,87-88,90,92-94,97-98H,17,20-30,32,34-37,40-41,44-47,49-50,85H2,(H3,86,89,91)/b61-38+/t55-,56-,57+,59+,64-,65+,66+,71+,72-,73-,76-,77+,78?,79+,80-,81+,83+,84-/m1/s1. The van der Waals surface area contributed by atoms with Gasteiger partial charge in [0.25, 0.3) is 0 Å². The summed E-state index contributed by atoms with van der Waals surface area (Å²) in [6, 6.07) is 36.8. The number of nitrogens with zero attached hydrogens (tertiary/aromatic N) is 1. The van der Waals surface area contributed by atoms with Crippen LogP contribution in [0.3, 0.4) is 0 Å². The van der Waals surface area contributed by atoms with Gasteiger partial charge in [0.1, 0.15) is 5.78 Å². The van der Waals surface area contributed by atoms with Crippen LogP contribution in [-0.4, -0.2) is 107 Å². The molecular weight excluding hydrogens is 1230 g/mol. The smallest absolute Gasteiger partial charge is 0.202 e. The van der Waals surface area contributed by atoms with Crippen LogP contribution in [0.4, 0.5) is 0 Å². The Kier molecular flexibility index (Phi) is 20.0. The third-order valence-electron chi connectivity index (χ3n) is 26.1. The zero-order valence-electron chi connectivity index (χ0n) is 57.3. The number of rotatable bonds is 13. The van der Waals surface area contributed by atoms with Crippen LogP contribution < -0.4 is 42.8 Å². The number of carbonyl (C=O) groups excluding carboxylic acids is 2. The van der Waals surface area contributed by atoms with Crippen molar-refractivity contribution in [2.75, 3.05) is 33.0 Å². The summed E-state index contributed by atoms with van der Waals surface area (Å²) in [5.74, 6) is 6.25. The SMILES string of the molecule is NC1=NC#CC[C@H](Cc2cccc(CCc3ccccc3)c2)C2=CC(N)NC=C2Cc2cc(O)c(OCO)cc2/C(CO)=C/C(=O)CC(=O)C[C@H]2CC[C@@H]3[C@](C[C@H]4[C@@H]5CCNC[C@@H]5C[C@@H]5C=CCN[C@@H]45)(C2)C[C@@H]2N[C@H]4C(=C5C[C@@H](N1)[C@@H](CCc1ccccc1)[C@@H]1CC[C@]23[C@H]51)C=CC[C@H]4O. The lowest BCUT2D eigenvalue weighted by molar-refractivity contribution is -0.126. The second kappa shape index (κ2) is 29.3. The van der Waals surface area contributed by atoms with Crippen molar-refractivity contribution in [1.82, 2.24) is 26.6 Å². The molecule has 520 valence electrons. The number of fused-ring (bicyclic) bond motifs is 3. The monoisotopic (exact) mass is 1330 g/mol. The Morgan fingerprint density at radius 3 is 2.47 bits per heavy atom. The van der Waals surface area contributed by atoms with E-state index in [0.29, 0.717) is 84.3 Å². The van der Waals surface area contributed by atoms with E-state index in [1.165, 1.54) is 40.3 Å². The van der Waals surface area contributed by atoms with E-state index in [0.717, 1.165) is 120 Å². The van der Waals surface area contributed by atoms with Gasteiger partial charge in [0, 0.05) is 49.8 Å². The summed E-state index contributed by atoms with van der Waals surface area (Å²) in [5, 5.41) is 65.0.